The van der Waals surface area contributed by atoms with Crippen LogP contribution >= 0.6 is 0 Å². The van der Waals surface area contributed by atoms with Gasteiger partial charge in [-0.15, -0.1) is 0 Å². The minimum absolute atomic E-state index is 0.0268. The summed E-state index contributed by atoms with van der Waals surface area (Å²) >= 11 is 0. The van der Waals surface area contributed by atoms with E-state index in [1.807, 2.05) is 0 Å². The van der Waals surface area contributed by atoms with Crippen LogP contribution in [0.4, 0.5) is 0 Å². The molecule has 0 aromatic rings. The van der Waals surface area contributed by atoms with E-state index in [1.54, 1.807) is 6.92 Å². The van der Waals surface area contributed by atoms with Crippen LogP contribution in [0, 0.1) is 52.3 Å². The molecule has 4 rings (SSSR count). The molecule has 6 heteroatoms. The van der Waals surface area contributed by atoms with Crippen LogP contribution in [0.5, 0.6) is 0 Å². The highest BCUT2D eigenvalue weighted by atomic mass is 16.4. The van der Waals surface area contributed by atoms with Crippen LogP contribution in [0.3, 0.4) is 0 Å². The molecule has 0 amide bonds. The second-order valence-electron chi connectivity index (χ2n) is 12.8. The third-order valence-corrected chi connectivity index (χ3v) is 11.4. The van der Waals surface area contributed by atoms with Gasteiger partial charge in [-0.1, -0.05) is 27.7 Å². The summed E-state index contributed by atoms with van der Waals surface area (Å²) in [7, 11) is 0. The fraction of sp³-hybridized carbons (Fsp3) is 0.963. The number of fused-ring (bicyclic) bond motifs is 5. The highest BCUT2D eigenvalue weighted by Gasteiger charge is 2.66. The van der Waals surface area contributed by atoms with Crippen LogP contribution in [-0.2, 0) is 4.79 Å². The quantitative estimate of drug-likeness (QED) is 0.409. The van der Waals surface area contributed by atoms with Gasteiger partial charge in [0, 0.05) is 0 Å². The highest BCUT2D eigenvalue weighted by molar-refractivity contribution is 5.69. The molecule has 0 aromatic carbocycles. The minimum atomic E-state index is -0.829. The van der Waals surface area contributed by atoms with Gasteiger partial charge in [-0.3, -0.25) is 4.79 Å². The smallest absolute Gasteiger partial charge is 0.306 e. The molecule has 4 fully saturated rings. The topological polar surface area (TPSA) is 118 Å². The van der Waals surface area contributed by atoms with E-state index in [9.17, 15) is 30.3 Å². The summed E-state index contributed by atoms with van der Waals surface area (Å²) in [5.41, 5.74) is -0.292. The van der Waals surface area contributed by atoms with Crippen molar-refractivity contribution in [3.63, 3.8) is 0 Å². The molecule has 5 N–H and O–H groups in total. The SMILES string of the molecule is CC(CCC(O)C(C)C1CCC2C3C(O)CC4CC(O)CCC4(C)C3CC(O)C12C)C(=O)O. The van der Waals surface area contributed by atoms with Gasteiger partial charge in [0.2, 0.25) is 0 Å². The predicted octanol–water partition coefficient (Wildman–Crippen LogP) is 3.45. The first kappa shape index (κ1) is 25.4. The number of aliphatic hydroxyl groups excluding tert-OH is 4. The lowest BCUT2D eigenvalue weighted by molar-refractivity contribution is -0.208. The molecule has 6 nitrogen and oxygen atoms in total. The van der Waals surface area contributed by atoms with Gasteiger partial charge < -0.3 is 25.5 Å². The van der Waals surface area contributed by atoms with E-state index in [-0.39, 0.29) is 46.5 Å². The molecular formula is C27H46O6. The first-order valence-electron chi connectivity index (χ1n) is 13.4. The van der Waals surface area contributed by atoms with E-state index < -0.39 is 30.2 Å². The Balaban J connectivity index is 1.54. The molecular weight excluding hydrogens is 420 g/mol. The Labute approximate surface area is 198 Å². The van der Waals surface area contributed by atoms with E-state index in [2.05, 4.69) is 20.8 Å². The van der Waals surface area contributed by atoms with Crippen molar-refractivity contribution in [2.45, 2.75) is 110 Å². The lowest BCUT2D eigenvalue weighted by Crippen LogP contribution is -2.62. The summed E-state index contributed by atoms with van der Waals surface area (Å²) in [6.07, 6.45) is 5.03. The van der Waals surface area contributed by atoms with Crippen LogP contribution in [-0.4, -0.2) is 55.9 Å². The lowest BCUT2D eigenvalue weighted by Gasteiger charge is -2.63. The van der Waals surface area contributed by atoms with Crippen molar-refractivity contribution in [2.75, 3.05) is 0 Å². The molecule has 33 heavy (non-hydrogen) atoms. The number of aliphatic carboxylic acids is 1. The molecule has 0 spiro atoms. The molecule has 0 bridgehead atoms. The van der Waals surface area contributed by atoms with Crippen molar-refractivity contribution in [3.05, 3.63) is 0 Å². The van der Waals surface area contributed by atoms with Crippen molar-refractivity contribution in [3.8, 4) is 0 Å². The molecule has 4 saturated carbocycles. The van der Waals surface area contributed by atoms with Gasteiger partial charge in [-0.25, -0.2) is 0 Å². The number of carboxylic acid groups (broad SMARTS) is 1. The first-order chi connectivity index (χ1) is 15.4. The molecule has 0 aromatic heterocycles. The van der Waals surface area contributed by atoms with Crippen molar-refractivity contribution in [1.82, 2.24) is 0 Å². The Morgan fingerprint density at radius 1 is 0.970 bits per heavy atom. The number of carboxylic acids is 1. The van der Waals surface area contributed by atoms with E-state index in [0.29, 0.717) is 25.2 Å². The summed E-state index contributed by atoms with van der Waals surface area (Å²) < 4.78 is 0. The number of hydrogen-bond acceptors (Lipinski definition) is 5. The standard InChI is InChI=1S/C27H46O6/c1-14(25(32)33)5-8-21(29)15(2)18-6-7-19-24-20(13-23(31)27(18,19)4)26(3)10-9-17(28)11-16(26)12-22(24)30/h14-24,28-31H,5-13H2,1-4H3,(H,32,33). The molecule has 4 aliphatic carbocycles. The van der Waals surface area contributed by atoms with Gasteiger partial charge in [-0.2, -0.15) is 0 Å². The lowest BCUT2D eigenvalue weighted by atomic mass is 9.43. The number of hydrogen-bond donors (Lipinski definition) is 5. The zero-order valence-corrected chi connectivity index (χ0v) is 20.9. The maximum Gasteiger partial charge on any atom is 0.306 e. The van der Waals surface area contributed by atoms with Crippen LogP contribution in [0.15, 0.2) is 0 Å². The van der Waals surface area contributed by atoms with Crippen LogP contribution in [0.1, 0.15) is 85.5 Å². The maximum atomic E-state index is 11.6. The zero-order valence-electron chi connectivity index (χ0n) is 20.9. The van der Waals surface area contributed by atoms with Gasteiger partial charge in [0.1, 0.15) is 0 Å². The van der Waals surface area contributed by atoms with Gasteiger partial charge in [0.25, 0.3) is 0 Å². The average Bonchev–Trinajstić information content (AvgIpc) is 3.11. The van der Waals surface area contributed by atoms with Crippen LogP contribution in [0.2, 0.25) is 0 Å². The molecule has 4 aliphatic rings. The van der Waals surface area contributed by atoms with Crippen LogP contribution in [0.25, 0.3) is 0 Å². The summed E-state index contributed by atoms with van der Waals surface area (Å²) in [5.74, 6) is -0.213. The Morgan fingerprint density at radius 2 is 1.67 bits per heavy atom. The first-order valence-corrected chi connectivity index (χ1v) is 13.4. The van der Waals surface area contributed by atoms with Crippen molar-refractivity contribution < 1.29 is 30.3 Å². The molecule has 13 atom stereocenters. The summed E-state index contributed by atoms with van der Waals surface area (Å²) in [6, 6.07) is 0. The van der Waals surface area contributed by atoms with Gasteiger partial charge in [0.15, 0.2) is 0 Å². The minimum Gasteiger partial charge on any atom is -0.481 e. The molecule has 13 unspecified atom stereocenters. The Morgan fingerprint density at radius 3 is 2.33 bits per heavy atom. The average molecular weight is 467 g/mol. The van der Waals surface area contributed by atoms with E-state index in [1.165, 1.54) is 0 Å². The van der Waals surface area contributed by atoms with E-state index >= 15 is 0 Å². The van der Waals surface area contributed by atoms with E-state index in [4.69, 9.17) is 0 Å². The van der Waals surface area contributed by atoms with Crippen molar-refractivity contribution in [1.29, 1.82) is 0 Å². The summed E-state index contributed by atoms with van der Waals surface area (Å²) in [6.45, 7) is 8.26. The second-order valence-corrected chi connectivity index (χ2v) is 12.8. The Hall–Kier alpha value is -0.690. The molecule has 0 radical (unpaired) electrons. The third kappa shape index (κ3) is 4.07. The summed E-state index contributed by atoms with van der Waals surface area (Å²) in [5, 5.41) is 53.4. The fourth-order valence-corrected chi connectivity index (χ4v) is 9.14. The largest absolute Gasteiger partial charge is 0.481 e. The number of carbonyl (C=O) groups is 1. The Kier molecular flexibility index (Phi) is 6.98. The molecule has 0 heterocycles. The highest BCUT2D eigenvalue weighted by Crippen LogP contribution is 2.68. The second kappa shape index (κ2) is 9.07. The fourth-order valence-electron chi connectivity index (χ4n) is 9.14. The molecule has 190 valence electrons. The zero-order chi connectivity index (χ0) is 24.3. The Bertz CT molecular complexity index is 727. The van der Waals surface area contributed by atoms with Gasteiger partial charge >= 0.3 is 5.97 Å². The van der Waals surface area contributed by atoms with Gasteiger partial charge in [-0.05, 0) is 104 Å². The van der Waals surface area contributed by atoms with Crippen molar-refractivity contribution >= 4 is 5.97 Å². The normalized spacial score (nSPS) is 49.9. The summed E-state index contributed by atoms with van der Waals surface area (Å²) in [4.78, 5) is 11.2. The number of rotatable bonds is 6. The third-order valence-electron chi connectivity index (χ3n) is 11.4. The maximum absolute atomic E-state index is 11.6. The van der Waals surface area contributed by atoms with Gasteiger partial charge in [0.05, 0.1) is 30.3 Å². The monoisotopic (exact) mass is 466 g/mol. The van der Waals surface area contributed by atoms with Crippen LogP contribution < -0.4 is 0 Å². The van der Waals surface area contributed by atoms with E-state index in [0.717, 1.165) is 38.5 Å². The van der Waals surface area contributed by atoms with Crippen molar-refractivity contribution in [2.24, 2.45) is 52.3 Å². The predicted molar refractivity (Wildman–Crippen MR) is 125 cm³/mol. The number of aliphatic hydroxyl groups is 4. The molecule has 0 aliphatic heterocycles. The molecule has 0 saturated heterocycles.